The van der Waals surface area contributed by atoms with Gasteiger partial charge in [0.15, 0.2) is 0 Å². The normalized spacial score (nSPS) is 16.8. The summed E-state index contributed by atoms with van der Waals surface area (Å²) < 4.78 is 0. The predicted molar refractivity (Wildman–Crippen MR) is 90.7 cm³/mol. The molecule has 3 rings (SSSR count). The summed E-state index contributed by atoms with van der Waals surface area (Å²) in [6, 6.07) is 15.5. The number of carbonyl (C=O) groups is 1. The van der Waals surface area contributed by atoms with Crippen LogP contribution >= 0.6 is 0 Å². The van der Waals surface area contributed by atoms with E-state index < -0.39 is 0 Å². The van der Waals surface area contributed by atoms with Crippen LogP contribution in [0.3, 0.4) is 0 Å². The second-order valence-electron chi connectivity index (χ2n) is 6.28. The van der Waals surface area contributed by atoms with Crippen LogP contribution in [0.4, 0.5) is 0 Å². The van der Waals surface area contributed by atoms with Crippen molar-refractivity contribution in [1.82, 2.24) is 9.80 Å². The maximum Gasteiger partial charge on any atom is 0.219 e. The van der Waals surface area contributed by atoms with Gasteiger partial charge in [0.25, 0.3) is 0 Å². The van der Waals surface area contributed by atoms with Crippen molar-refractivity contribution in [3.05, 3.63) is 48.0 Å². The number of hydrogen-bond donors (Lipinski definition) is 0. The number of likely N-dealkylation sites (tertiary alicyclic amines) is 1. The fourth-order valence-electron chi connectivity index (χ4n) is 3.39. The lowest BCUT2D eigenvalue weighted by atomic mass is 10.0. The summed E-state index contributed by atoms with van der Waals surface area (Å²) in [6.45, 7) is 4.78. The second kappa shape index (κ2) is 6.49. The zero-order valence-corrected chi connectivity index (χ0v) is 13.5. The molecule has 1 aliphatic heterocycles. The Morgan fingerprint density at radius 1 is 1.14 bits per heavy atom. The van der Waals surface area contributed by atoms with Gasteiger partial charge in [-0.05, 0) is 29.2 Å². The molecule has 0 saturated carbocycles. The van der Waals surface area contributed by atoms with E-state index in [4.69, 9.17) is 0 Å². The number of benzene rings is 2. The molecule has 1 saturated heterocycles. The summed E-state index contributed by atoms with van der Waals surface area (Å²) >= 11 is 0. The molecule has 0 unspecified atom stereocenters. The number of carbonyl (C=O) groups excluding carboxylic acids is 1. The van der Waals surface area contributed by atoms with Gasteiger partial charge < -0.3 is 4.90 Å². The fraction of sp³-hybridized carbons (Fsp3) is 0.421. The Labute approximate surface area is 132 Å². The summed E-state index contributed by atoms with van der Waals surface area (Å²) in [7, 11) is 1.92. The minimum atomic E-state index is 0.174. The van der Waals surface area contributed by atoms with Gasteiger partial charge >= 0.3 is 0 Å². The predicted octanol–water partition coefficient (Wildman–Crippen LogP) is 3.28. The lowest BCUT2D eigenvalue weighted by Gasteiger charge is -2.36. The molecule has 1 heterocycles. The standard InChI is InChI=1S/C19H24N2O/c1-15(22)20(2)18-10-12-21(13-11-18)14-17-8-5-7-16-6-3-4-9-19(16)17/h3-9,18H,10-14H2,1-2H3. The molecule has 116 valence electrons. The largest absolute Gasteiger partial charge is 0.343 e. The minimum absolute atomic E-state index is 0.174. The van der Waals surface area contributed by atoms with E-state index in [9.17, 15) is 4.79 Å². The fourth-order valence-corrected chi connectivity index (χ4v) is 3.39. The van der Waals surface area contributed by atoms with E-state index in [-0.39, 0.29) is 5.91 Å². The van der Waals surface area contributed by atoms with Crippen LogP contribution in [-0.4, -0.2) is 41.9 Å². The van der Waals surface area contributed by atoms with E-state index in [2.05, 4.69) is 47.4 Å². The highest BCUT2D eigenvalue weighted by Gasteiger charge is 2.23. The zero-order chi connectivity index (χ0) is 15.5. The summed E-state index contributed by atoms with van der Waals surface area (Å²) in [6.07, 6.45) is 2.14. The third kappa shape index (κ3) is 3.14. The van der Waals surface area contributed by atoms with E-state index in [0.717, 1.165) is 32.5 Å². The molecule has 0 aromatic heterocycles. The Bertz CT molecular complexity index is 654. The van der Waals surface area contributed by atoms with E-state index in [0.29, 0.717) is 6.04 Å². The Morgan fingerprint density at radius 2 is 1.82 bits per heavy atom. The van der Waals surface area contributed by atoms with Crippen molar-refractivity contribution in [2.45, 2.75) is 32.4 Å². The highest BCUT2D eigenvalue weighted by Crippen LogP contribution is 2.22. The van der Waals surface area contributed by atoms with E-state index in [1.807, 2.05) is 11.9 Å². The number of nitrogens with zero attached hydrogens (tertiary/aromatic N) is 2. The summed E-state index contributed by atoms with van der Waals surface area (Å²) in [5, 5.41) is 2.67. The van der Waals surface area contributed by atoms with Gasteiger partial charge in [0.05, 0.1) is 0 Å². The van der Waals surface area contributed by atoms with E-state index >= 15 is 0 Å². The van der Waals surface area contributed by atoms with E-state index in [1.54, 1.807) is 6.92 Å². The molecule has 3 heteroatoms. The van der Waals surface area contributed by atoms with Gasteiger partial charge in [-0.2, -0.15) is 0 Å². The van der Waals surface area contributed by atoms with Gasteiger partial charge in [-0.1, -0.05) is 42.5 Å². The number of fused-ring (bicyclic) bond motifs is 1. The first kappa shape index (κ1) is 15.0. The molecule has 0 bridgehead atoms. The van der Waals surface area contributed by atoms with Gasteiger partial charge in [-0.3, -0.25) is 9.69 Å². The van der Waals surface area contributed by atoms with Crippen LogP contribution in [0.25, 0.3) is 10.8 Å². The van der Waals surface area contributed by atoms with Crippen LogP contribution in [0.15, 0.2) is 42.5 Å². The van der Waals surface area contributed by atoms with Gasteiger partial charge in [0, 0.05) is 39.6 Å². The number of rotatable bonds is 3. The van der Waals surface area contributed by atoms with Crippen LogP contribution in [0.1, 0.15) is 25.3 Å². The number of amides is 1. The van der Waals surface area contributed by atoms with Crippen LogP contribution in [0.2, 0.25) is 0 Å². The van der Waals surface area contributed by atoms with Crippen molar-refractivity contribution < 1.29 is 4.79 Å². The molecule has 1 aliphatic rings. The lowest BCUT2D eigenvalue weighted by molar-refractivity contribution is -0.130. The molecule has 0 N–H and O–H groups in total. The highest BCUT2D eigenvalue weighted by atomic mass is 16.2. The molecule has 22 heavy (non-hydrogen) atoms. The molecule has 1 fully saturated rings. The topological polar surface area (TPSA) is 23.6 Å². The lowest BCUT2D eigenvalue weighted by Crippen LogP contribution is -2.44. The van der Waals surface area contributed by atoms with Crippen molar-refractivity contribution >= 4 is 16.7 Å². The maximum atomic E-state index is 11.5. The molecule has 2 aromatic rings. The molecular weight excluding hydrogens is 272 g/mol. The maximum absolute atomic E-state index is 11.5. The molecule has 0 aliphatic carbocycles. The Kier molecular flexibility index (Phi) is 4.44. The molecule has 0 radical (unpaired) electrons. The first-order chi connectivity index (χ1) is 10.6. The van der Waals surface area contributed by atoms with Crippen LogP contribution in [0.5, 0.6) is 0 Å². The van der Waals surface area contributed by atoms with Crippen LogP contribution in [0, 0.1) is 0 Å². The van der Waals surface area contributed by atoms with Gasteiger partial charge in [0.2, 0.25) is 5.91 Å². The Morgan fingerprint density at radius 3 is 2.55 bits per heavy atom. The summed E-state index contributed by atoms with van der Waals surface area (Å²) in [5.74, 6) is 0.174. The zero-order valence-electron chi connectivity index (χ0n) is 13.5. The van der Waals surface area contributed by atoms with Gasteiger partial charge in [-0.15, -0.1) is 0 Å². The first-order valence-electron chi connectivity index (χ1n) is 8.07. The van der Waals surface area contributed by atoms with Crippen molar-refractivity contribution in [3.63, 3.8) is 0 Å². The van der Waals surface area contributed by atoms with E-state index in [1.165, 1.54) is 16.3 Å². The van der Waals surface area contributed by atoms with Crippen LogP contribution < -0.4 is 0 Å². The SMILES string of the molecule is CC(=O)N(C)C1CCN(Cc2cccc3ccccc23)CC1. The Hall–Kier alpha value is -1.87. The van der Waals surface area contributed by atoms with Crippen molar-refractivity contribution in [3.8, 4) is 0 Å². The number of hydrogen-bond acceptors (Lipinski definition) is 2. The van der Waals surface area contributed by atoms with Crippen molar-refractivity contribution in [2.24, 2.45) is 0 Å². The molecular formula is C19H24N2O. The van der Waals surface area contributed by atoms with Gasteiger partial charge in [0.1, 0.15) is 0 Å². The smallest absolute Gasteiger partial charge is 0.219 e. The quantitative estimate of drug-likeness (QED) is 0.868. The monoisotopic (exact) mass is 296 g/mol. The first-order valence-corrected chi connectivity index (χ1v) is 8.07. The highest BCUT2D eigenvalue weighted by molar-refractivity contribution is 5.85. The number of piperidine rings is 1. The second-order valence-corrected chi connectivity index (χ2v) is 6.28. The van der Waals surface area contributed by atoms with Crippen LogP contribution in [-0.2, 0) is 11.3 Å². The molecule has 0 spiro atoms. The molecule has 1 amide bonds. The molecule has 2 aromatic carbocycles. The molecule has 0 atom stereocenters. The third-order valence-electron chi connectivity index (χ3n) is 4.88. The average molecular weight is 296 g/mol. The van der Waals surface area contributed by atoms with Crippen molar-refractivity contribution in [1.29, 1.82) is 0 Å². The third-order valence-corrected chi connectivity index (χ3v) is 4.88. The van der Waals surface area contributed by atoms with Crippen molar-refractivity contribution in [2.75, 3.05) is 20.1 Å². The summed E-state index contributed by atoms with van der Waals surface area (Å²) in [4.78, 5) is 15.9. The minimum Gasteiger partial charge on any atom is -0.343 e. The van der Waals surface area contributed by atoms with Gasteiger partial charge in [-0.25, -0.2) is 0 Å². The molecule has 3 nitrogen and oxygen atoms in total. The Balaban J connectivity index is 1.66. The summed E-state index contributed by atoms with van der Waals surface area (Å²) in [5.41, 5.74) is 1.40. The average Bonchev–Trinajstić information content (AvgIpc) is 2.55.